The van der Waals surface area contributed by atoms with E-state index in [1.165, 1.54) is 48.6 Å². The van der Waals surface area contributed by atoms with E-state index >= 15 is 0 Å². The van der Waals surface area contributed by atoms with E-state index in [1.54, 1.807) is 6.07 Å². The molecule has 8 nitrogen and oxygen atoms in total. The molecule has 0 aromatic heterocycles. The molecule has 0 fully saturated rings. The van der Waals surface area contributed by atoms with Gasteiger partial charge < -0.3 is 5.32 Å². The Hall–Kier alpha value is -3.69. The topological polar surface area (TPSA) is 118 Å². The summed E-state index contributed by atoms with van der Waals surface area (Å²) in [5.74, 6) is -0.489. The minimum absolute atomic E-state index is 0.00344. The Morgan fingerprint density at radius 2 is 1.67 bits per heavy atom. The van der Waals surface area contributed by atoms with Gasteiger partial charge in [-0.1, -0.05) is 35.9 Å². The van der Waals surface area contributed by atoms with Gasteiger partial charge in [-0.3, -0.25) is 19.6 Å². The molecule has 1 amide bonds. The normalized spacial score (nSPS) is 11.4. The quantitative estimate of drug-likeness (QED) is 0.267. The van der Waals surface area contributed by atoms with E-state index in [-0.39, 0.29) is 15.6 Å². The van der Waals surface area contributed by atoms with E-state index in [0.717, 1.165) is 11.1 Å². The number of anilines is 2. The number of carbonyl (C=O) groups excluding carboxylic acids is 1. The minimum atomic E-state index is -3.81. The zero-order valence-electron chi connectivity index (χ0n) is 17.7. The number of nitro benzene ring substituents is 1. The smallest absolute Gasteiger partial charge is 0.288 e. The monoisotopic (exact) mass is 485 g/mol. The van der Waals surface area contributed by atoms with Gasteiger partial charge >= 0.3 is 0 Å². The van der Waals surface area contributed by atoms with Crippen LogP contribution in [0.1, 0.15) is 16.7 Å². The summed E-state index contributed by atoms with van der Waals surface area (Å²) in [5, 5.41) is 13.6. The number of aryl methyl sites for hydroxylation is 2. The summed E-state index contributed by atoms with van der Waals surface area (Å²) in [5.41, 5.74) is 2.70. The Bertz CT molecular complexity index is 1330. The van der Waals surface area contributed by atoms with E-state index in [9.17, 15) is 23.3 Å². The number of nitrogens with zero attached hydrogens (tertiary/aromatic N) is 1. The summed E-state index contributed by atoms with van der Waals surface area (Å²) < 4.78 is 28.1. The fraction of sp³-hybridized carbons (Fsp3) is 0.0870. The first-order valence-corrected chi connectivity index (χ1v) is 11.5. The number of nitro groups is 1. The molecule has 0 aliphatic rings. The van der Waals surface area contributed by atoms with Gasteiger partial charge in [0.15, 0.2) is 0 Å². The van der Waals surface area contributed by atoms with Crippen LogP contribution >= 0.6 is 11.6 Å². The average molecular weight is 486 g/mol. The third kappa shape index (κ3) is 5.97. The number of rotatable bonds is 7. The van der Waals surface area contributed by atoms with Gasteiger partial charge in [-0.15, -0.1) is 0 Å². The predicted molar refractivity (Wildman–Crippen MR) is 129 cm³/mol. The maximum atomic E-state index is 12.7. The van der Waals surface area contributed by atoms with Crippen LogP contribution in [0.2, 0.25) is 5.02 Å². The summed E-state index contributed by atoms with van der Waals surface area (Å²) in [6, 6.07) is 15.4. The molecule has 0 unspecified atom stereocenters. The largest absolute Gasteiger partial charge is 0.323 e. The summed E-state index contributed by atoms with van der Waals surface area (Å²) >= 11 is 5.77. The number of hydrogen-bond acceptors (Lipinski definition) is 5. The Morgan fingerprint density at radius 1 is 1.03 bits per heavy atom. The maximum absolute atomic E-state index is 12.7. The maximum Gasteiger partial charge on any atom is 0.288 e. The highest BCUT2D eigenvalue weighted by Crippen LogP contribution is 2.26. The highest BCUT2D eigenvalue weighted by molar-refractivity contribution is 7.92. The molecule has 170 valence electrons. The summed E-state index contributed by atoms with van der Waals surface area (Å²) in [6.07, 6.45) is 2.62. The predicted octanol–water partition coefficient (Wildman–Crippen LogP) is 5.32. The van der Waals surface area contributed by atoms with Crippen LogP contribution in [0.5, 0.6) is 0 Å². The van der Waals surface area contributed by atoms with Crippen molar-refractivity contribution in [2.75, 3.05) is 10.0 Å². The van der Waals surface area contributed by atoms with Crippen molar-refractivity contribution in [2.45, 2.75) is 18.7 Å². The van der Waals surface area contributed by atoms with Crippen LogP contribution < -0.4 is 10.0 Å². The fourth-order valence-corrected chi connectivity index (χ4v) is 4.40. The Balaban J connectivity index is 1.69. The first kappa shape index (κ1) is 24.0. The lowest BCUT2D eigenvalue weighted by molar-refractivity contribution is -0.384. The number of halogens is 1. The molecular formula is C23H20ClN3O5S. The first-order chi connectivity index (χ1) is 15.6. The molecule has 0 spiro atoms. The van der Waals surface area contributed by atoms with Crippen molar-refractivity contribution in [3.05, 3.63) is 98.6 Å². The molecule has 3 rings (SSSR count). The van der Waals surface area contributed by atoms with E-state index < -0.39 is 20.9 Å². The second-order valence-corrected chi connectivity index (χ2v) is 9.28. The molecule has 0 atom stereocenters. The van der Waals surface area contributed by atoms with Gasteiger partial charge in [-0.2, -0.15) is 0 Å². The molecule has 33 heavy (non-hydrogen) atoms. The van der Waals surface area contributed by atoms with Crippen LogP contribution in [0.25, 0.3) is 6.08 Å². The van der Waals surface area contributed by atoms with Gasteiger partial charge in [0.2, 0.25) is 5.91 Å². The molecule has 10 heteroatoms. The first-order valence-electron chi connectivity index (χ1n) is 9.69. The number of para-hydroxylation sites is 1. The second-order valence-electron chi connectivity index (χ2n) is 7.19. The van der Waals surface area contributed by atoms with Gasteiger partial charge in [-0.25, -0.2) is 8.42 Å². The van der Waals surface area contributed by atoms with Gasteiger partial charge in [0.25, 0.3) is 15.7 Å². The second kappa shape index (κ2) is 9.85. The standard InChI is InChI=1S/C23H20ClN3O5S/c1-15-4-3-5-16(2)23(15)26-33(31,32)19-10-8-18(9-11-19)25-22(28)13-7-17-6-12-20(24)21(14-17)27(29)30/h3-14,26H,1-2H3,(H,25,28)/b13-7+. The molecule has 0 radical (unpaired) electrons. The number of carbonyl (C=O) groups is 1. The van der Waals surface area contributed by atoms with Crippen LogP contribution in [0.15, 0.2) is 71.6 Å². The van der Waals surface area contributed by atoms with E-state index in [1.807, 2.05) is 32.0 Å². The lowest BCUT2D eigenvalue weighted by atomic mass is 10.1. The molecular weight excluding hydrogens is 466 g/mol. The van der Waals surface area contributed by atoms with Gasteiger partial charge in [0.1, 0.15) is 5.02 Å². The van der Waals surface area contributed by atoms with Crippen molar-refractivity contribution < 1.29 is 18.1 Å². The van der Waals surface area contributed by atoms with Crippen LogP contribution in [0.4, 0.5) is 17.1 Å². The molecule has 0 bridgehead atoms. The Labute approximate surface area is 196 Å². The van der Waals surface area contributed by atoms with E-state index in [2.05, 4.69) is 10.0 Å². The minimum Gasteiger partial charge on any atom is -0.323 e. The number of sulfonamides is 1. The van der Waals surface area contributed by atoms with Crippen LogP contribution in [-0.2, 0) is 14.8 Å². The van der Waals surface area contributed by atoms with Crippen LogP contribution in [0.3, 0.4) is 0 Å². The van der Waals surface area contributed by atoms with Crippen molar-refractivity contribution >= 4 is 50.7 Å². The molecule has 3 aromatic rings. The van der Waals surface area contributed by atoms with Crippen LogP contribution in [0, 0.1) is 24.0 Å². The van der Waals surface area contributed by atoms with E-state index in [0.29, 0.717) is 16.9 Å². The summed E-state index contributed by atoms with van der Waals surface area (Å²) in [7, 11) is -3.81. The number of amides is 1. The van der Waals surface area contributed by atoms with Crippen molar-refractivity contribution in [2.24, 2.45) is 0 Å². The molecule has 0 saturated heterocycles. The Kier molecular flexibility index (Phi) is 7.15. The van der Waals surface area contributed by atoms with Crippen LogP contribution in [-0.4, -0.2) is 19.2 Å². The van der Waals surface area contributed by atoms with Gasteiger partial charge in [0.05, 0.1) is 15.5 Å². The van der Waals surface area contributed by atoms with Crippen molar-refractivity contribution in [1.82, 2.24) is 0 Å². The molecule has 0 aliphatic carbocycles. The van der Waals surface area contributed by atoms with Crippen molar-refractivity contribution in [3.8, 4) is 0 Å². The number of benzene rings is 3. The molecule has 0 aliphatic heterocycles. The lowest BCUT2D eigenvalue weighted by Crippen LogP contribution is -2.15. The number of hydrogen-bond donors (Lipinski definition) is 2. The fourth-order valence-electron chi connectivity index (χ4n) is 3.02. The zero-order valence-corrected chi connectivity index (χ0v) is 19.3. The van der Waals surface area contributed by atoms with E-state index in [4.69, 9.17) is 11.6 Å². The zero-order chi connectivity index (χ0) is 24.2. The molecule has 0 heterocycles. The molecule has 3 aromatic carbocycles. The summed E-state index contributed by atoms with van der Waals surface area (Å²) in [6.45, 7) is 3.64. The van der Waals surface area contributed by atoms with Crippen molar-refractivity contribution in [3.63, 3.8) is 0 Å². The SMILES string of the molecule is Cc1cccc(C)c1NS(=O)(=O)c1ccc(NC(=O)/C=C/c2ccc(Cl)c([N+](=O)[O-])c2)cc1. The summed E-state index contributed by atoms with van der Waals surface area (Å²) in [4.78, 5) is 22.6. The Morgan fingerprint density at radius 3 is 2.27 bits per heavy atom. The highest BCUT2D eigenvalue weighted by Gasteiger charge is 2.16. The lowest BCUT2D eigenvalue weighted by Gasteiger charge is -2.13. The number of nitrogens with one attached hydrogen (secondary N) is 2. The third-order valence-corrected chi connectivity index (χ3v) is 6.43. The average Bonchev–Trinajstić information content (AvgIpc) is 2.76. The van der Waals surface area contributed by atoms with Gasteiger partial charge in [-0.05, 0) is 66.9 Å². The molecule has 0 saturated carbocycles. The molecule has 2 N–H and O–H groups in total. The third-order valence-electron chi connectivity index (χ3n) is 4.74. The van der Waals surface area contributed by atoms with Crippen molar-refractivity contribution in [1.29, 1.82) is 0 Å². The van der Waals surface area contributed by atoms with Gasteiger partial charge in [0, 0.05) is 17.8 Å². The highest BCUT2D eigenvalue weighted by atomic mass is 35.5.